The van der Waals surface area contributed by atoms with Crippen LogP contribution in [0.5, 0.6) is 0 Å². The summed E-state index contributed by atoms with van der Waals surface area (Å²) in [7, 11) is 1.28. The molecule has 0 saturated carbocycles. The number of hydrogen-bond acceptors (Lipinski definition) is 14. The SMILES string of the molecule is CCCCCCCC(=O)N[C@@H](C)C(=O)N[C@@H](Cc1ccccc1)C(=O)N[C@@H](CCCN=C(N)N)C(=O)N[C@@H](CC(C)C)C(=O)N1C[C@H](O)C[C@H]1C(=O)N(C)[C@@H](CC(C)C)C(=O)N[C@@H](CC(=O)O)C(=O)N[C@@H](CCCN=C(N)N)C(=O)N[C@H](C(N)=O)[C@@H](C)CC. The Hall–Kier alpha value is -8.11. The van der Waals surface area contributed by atoms with E-state index >= 15 is 0 Å². The van der Waals surface area contributed by atoms with Crippen molar-refractivity contribution in [1.29, 1.82) is 0 Å². The zero-order chi connectivity index (χ0) is 67.1. The normalized spacial score (nSPS) is 16.7. The lowest BCUT2D eigenvalue weighted by molar-refractivity contribution is -0.149. The van der Waals surface area contributed by atoms with Gasteiger partial charge < -0.3 is 85.9 Å². The van der Waals surface area contributed by atoms with Crippen molar-refractivity contribution in [1.82, 2.24) is 47.0 Å². The number of carbonyl (C=O) groups excluding carboxylic acids is 10. The van der Waals surface area contributed by atoms with Crippen LogP contribution in [0.25, 0.3) is 0 Å². The third-order valence-corrected chi connectivity index (χ3v) is 15.2. The molecule has 1 saturated heterocycles. The number of nitrogens with two attached hydrogens (primary N) is 5. The number of aliphatic hydroxyl groups is 1. The van der Waals surface area contributed by atoms with Gasteiger partial charge in [-0.25, -0.2) is 0 Å². The molecule has 89 heavy (non-hydrogen) atoms. The maximum absolute atomic E-state index is 14.9. The average molecular weight is 1260 g/mol. The number of carboxylic acids is 1. The van der Waals surface area contributed by atoms with E-state index in [4.69, 9.17) is 28.7 Å². The first-order chi connectivity index (χ1) is 41.9. The number of primary amides is 1. The van der Waals surface area contributed by atoms with Gasteiger partial charge in [-0.05, 0) is 75.2 Å². The molecule has 1 heterocycles. The van der Waals surface area contributed by atoms with Crippen LogP contribution in [0.2, 0.25) is 0 Å². The van der Waals surface area contributed by atoms with Crippen molar-refractivity contribution in [3.05, 3.63) is 35.9 Å². The van der Waals surface area contributed by atoms with E-state index in [2.05, 4.69) is 54.1 Å². The number of unbranched alkanes of at least 4 members (excludes halogenated alkanes) is 4. The number of rotatable bonds is 41. The fourth-order valence-corrected chi connectivity index (χ4v) is 10.1. The lowest BCUT2D eigenvalue weighted by Crippen LogP contribution is -2.61. The Morgan fingerprint density at radius 2 is 1.12 bits per heavy atom. The molecule has 1 aliphatic rings. The summed E-state index contributed by atoms with van der Waals surface area (Å²) in [6.07, 6.45) is 2.78. The summed E-state index contributed by atoms with van der Waals surface area (Å²) in [5, 5.41) is 39.6. The van der Waals surface area contributed by atoms with E-state index in [0.717, 1.165) is 35.5 Å². The summed E-state index contributed by atoms with van der Waals surface area (Å²) < 4.78 is 0. The maximum atomic E-state index is 14.9. The molecule has 1 aromatic carbocycles. The quantitative estimate of drug-likeness (QED) is 0.0212. The second-order valence-electron chi connectivity index (χ2n) is 23.8. The van der Waals surface area contributed by atoms with Crippen LogP contribution in [-0.2, 0) is 59.2 Å². The average Bonchev–Trinajstić information content (AvgIpc) is 2.34. The number of aliphatic carboxylic acids is 1. The highest BCUT2D eigenvalue weighted by Gasteiger charge is 2.45. The number of β-amino-alcohol motifs (C(OH)–C–C–N with tert-alkyl or cyclic N) is 1. The summed E-state index contributed by atoms with van der Waals surface area (Å²) in [6, 6.07) is -3.42. The zero-order valence-electron chi connectivity index (χ0n) is 53.4. The molecule has 0 unspecified atom stereocenters. The van der Waals surface area contributed by atoms with Crippen molar-refractivity contribution >= 4 is 77.0 Å². The molecule has 500 valence electrons. The van der Waals surface area contributed by atoms with Gasteiger partial charge in [0.25, 0.3) is 0 Å². The van der Waals surface area contributed by atoms with Crippen molar-refractivity contribution in [2.75, 3.05) is 26.7 Å². The number of aliphatic hydroxyl groups excluding tert-OH is 1. The molecular weight excluding hydrogens is 1150 g/mol. The minimum absolute atomic E-state index is 0.00536. The summed E-state index contributed by atoms with van der Waals surface area (Å²) >= 11 is 0. The Balaban J connectivity index is 2.52. The number of carbonyl (C=O) groups is 11. The molecule has 2 rings (SSSR count). The van der Waals surface area contributed by atoms with Gasteiger partial charge in [-0.15, -0.1) is 0 Å². The van der Waals surface area contributed by atoms with Gasteiger partial charge in [0.1, 0.15) is 54.4 Å². The zero-order valence-corrected chi connectivity index (χ0v) is 53.4. The first-order valence-corrected chi connectivity index (χ1v) is 30.9. The van der Waals surface area contributed by atoms with Gasteiger partial charge in [0.2, 0.25) is 59.1 Å². The highest BCUT2D eigenvalue weighted by molar-refractivity contribution is 5.99. The standard InChI is InChI=1S/C60H102N16O13/c1-10-12-13-14-18-25-47(78)68-37(8)51(82)71-42(30-38-21-16-15-17-22-38)54(85)69-40(23-19-26-66-59(62)63)52(83)73-44(28-34(3)4)57(88)76-33-39(77)31-46(76)58(89)75(9)45(29-35(5)6)56(87)72-43(32-48(79)80)55(86)70-41(24-20-27-67-60(64)65)53(84)74-49(50(61)81)36(7)11-2/h15-17,21-22,34-37,39-46,49,77H,10-14,18-20,23-33H2,1-9H3,(H2,61,81)(H,68,78)(H,69,85)(H,70,86)(H,71,82)(H,72,87)(H,73,83)(H,74,84)(H,79,80)(H4,62,63,66)(H4,64,65,67)/t36-,37-,39+,40-,41-,42-,43-,44-,45-,46-,49-/m0/s1. The van der Waals surface area contributed by atoms with Crippen molar-refractivity contribution in [3.63, 3.8) is 0 Å². The van der Waals surface area contributed by atoms with E-state index in [1.165, 1.54) is 14.0 Å². The number of likely N-dealkylation sites (N-methyl/N-ethyl adjacent to an activating group) is 1. The molecular formula is C60H102N16O13. The van der Waals surface area contributed by atoms with Gasteiger partial charge in [0, 0.05) is 45.9 Å². The molecule has 19 N–H and O–H groups in total. The van der Waals surface area contributed by atoms with Crippen LogP contribution in [0, 0.1) is 17.8 Å². The molecule has 29 nitrogen and oxygen atoms in total. The molecule has 10 amide bonds. The number of carboxylic acid groups (broad SMARTS) is 1. The Bertz CT molecular complexity index is 2560. The van der Waals surface area contributed by atoms with Crippen LogP contribution < -0.4 is 65.9 Å². The smallest absolute Gasteiger partial charge is 0.305 e. The van der Waals surface area contributed by atoms with Gasteiger partial charge in [-0.2, -0.15) is 0 Å². The predicted molar refractivity (Wildman–Crippen MR) is 335 cm³/mol. The topological polar surface area (TPSA) is 474 Å². The van der Waals surface area contributed by atoms with Gasteiger partial charge >= 0.3 is 5.97 Å². The molecule has 1 fully saturated rings. The predicted octanol–water partition coefficient (Wildman–Crippen LogP) is -1.00. The second kappa shape index (κ2) is 39.7. The first kappa shape index (κ1) is 77.0. The van der Waals surface area contributed by atoms with Gasteiger partial charge in [0.05, 0.1) is 12.5 Å². The van der Waals surface area contributed by atoms with Crippen LogP contribution in [0.15, 0.2) is 40.3 Å². The summed E-state index contributed by atoms with van der Waals surface area (Å²) in [4.78, 5) is 162. The number of benzene rings is 1. The molecule has 11 atom stereocenters. The van der Waals surface area contributed by atoms with Crippen LogP contribution in [0.1, 0.15) is 157 Å². The first-order valence-electron chi connectivity index (χ1n) is 30.9. The summed E-state index contributed by atoms with van der Waals surface area (Å²) in [6.45, 7) is 13.8. The fourth-order valence-electron chi connectivity index (χ4n) is 10.1. The largest absolute Gasteiger partial charge is 0.481 e. The van der Waals surface area contributed by atoms with E-state index in [-0.39, 0.29) is 107 Å². The Labute approximate surface area is 522 Å². The lowest BCUT2D eigenvalue weighted by Gasteiger charge is -2.35. The molecule has 0 aromatic heterocycles. The van der Waals surface area contributed by atoms with Crippen molar-refractivity contribution < 1.29 is 63.0 Å². The molecule has 0 radical (unpaired) electrons. The molecule has 1 aromatic rings. The molecule has 0 bridgehead atoms. The van der Waals surface area contributed by atoms with Crippen LogP contribution in [0.4, 0.5) is 0 Å². The monoisotopic (exact) mass is 1250 g/mol. The van der Waals surface area contributed by atoms with E-state index < -0.39 is 132 Å². The number of nitrogens with one attached hydrogen (secondary N) is 7. The molecule has 0 aliphatic carbocycles. The number of amides is 10. The Morgan fingerprint density at radius 3 is 1.64 bits per heavy atom. The van der Waals surface area contributed by atoms with Crippen molar-refractivity contribution in [3.8, 4) is 0 Å². The van der Waals surface area contributed by atoms with Gasteiger partial charge in [0.15, 0.2) is 11.9 Å². The van der Waals surface area contributed by atoms with Gasteiger partial charge in [-0.3, -0.25) is 62.7 Å². The van der Waals surface area contributed by atoms with Crippen LogP contribution >= 0.6 is 0 Å². The van der Waals surface area contributed by atoms with Crippen LogP contribution in [0.3, 0.4) is 0 Å². The minimum atomic E-state index is -1.83. The number of guanidine groups is 2. The van der Waals surface area contributed by atoms with E-state index in [1.807, 2.05) is 0 Å². The number of likely N-dealkylation sites (tertiary alicyclic amines) is 1. The second-order valence-corrected chi connectivity index (χ2v) is 23.8. The Morgan fingerprint density at radius 1 is 0.618 bits per heavy atom. The molecule has 1 aliphatic heterocycles. The third-order valence-electron chi connectivity index (χ3n) is 15.2. The third kappa shape index (κ3) is 28.3. The number of hydrogen-bond donors (Lipinski definition) is 14. The highest BCUT2D eigenvalue weighted by atomic mass is 16.4. The maximum Gasteiger partial charge on any atom is 0.305 e. The van der Waals surface area contributed by atoms with E-state index in [0.29, 0.717) is 18.4 Å². The molecule has 0 spiro atoms. The molecule has 29 heteroatoms. The Kier molecular flexibility index (Phi) is 34.4. The minimum Gasteiger partial charge on any atom is -0.481 e. The van der Waals surface area contributed by atoms with E-state index in [1.54, 1.807) is 71.9 Å². The lowest BCUT2D eigenvalue weighted by atomic mass is 9.97. The summed E-state index contributed by atoms with van der Waals surface area (Å²) in [5.74, 6) is -10.9. The van der Waals surface area contributed by atoms with E-state index in [9.17, 15) is 63.0 Å². The number of nitrogens with zero attached hydrogens (tertiary/aromatic N) is 4. The number of aliphatic imine (C=N–C) groups is 2. The summed E-state index contributed by atoms with van der Waals surface area (Å²) in [5.41, 5.74) is 28.4. The fraction of sp³-hybridized carbons (Fsp3) is 0.683. The highest BCUT2D eigenvalue weighted by Crippen LogP contribution is 2.25. The van der Waals surface area contributed by atoms with Crippen LogP contribution in [-0.4, -0.2) is 184 Å². The van der Waals surface area contributed by atoms with Gasteiger partial charge in [-0.1, -0.05) is 111 Å². The van der Waals surface area contributed by atoms with Crippen molar-refractivity contribution in [2.45, 2.75) is 219 Å². The van der Waals surface area contributed by atoms with Crippen molar-refractivity contribution in [2.24, 2.45) is 56.4 Å².